The van der Waals surface area contributed by atoms with E-state index in [0.717, 1.165) is 11.3 Å². The lowest BCUT2D eigenvalue weighted by Gasteiger charge is -2.26. The van der Waals surface area contributed by atoms with Gasteiger partial charge in [-0.15, -0.1) is 0 Å². The second kappa shape index (κ2) is 8.56. The van der Waals surface area contributed by atoms with Crippen molar-refractivity contribution in [2.45, 2.75) is 19.9 Å². The van der Waals surface area contributed by atoms with E-state index in [1.165, 1.54) is 6.33 Å². The van der Waals surface area contributed by atoms with Gasteiger partial charge in [-0.05, 0) is 49.7 Å². The Morgan fingerprint density at radius 1 is 1.18 bits per heavy atom. The summed E-state index contributed by atoms with van der Waals surface area (Å²) in [4.78, 5) is 18.6. The van der Waals surface area contributed by atoms with Crippen LogP contribution < -0.4 is 9.47 Å². The number of carbonyl (C=O) groups is 1. The number of methoxy groups -OCH3 is 1. The molecule has 7 heteroatoms. The molecule has 0 aliphatic heterocycles. The first kappa shape index (κ1) is 19.4. The fourth-order valence-corrected chi connectivity index (χ4v) is 2.93. The number of amides is 1. The molecule has 146 valence electrons. The third-order valence-corrected chi connectivity index (χ3v) is 4.67. The van der Waals surface area contributed by atoms with E-state index < -0.39 is 0 Å². The zero-order valence-corrected chi connectivity index (χ0v) is 16.5. The molecular weight excluding hydrogens is 356 g/mol. The van der Waals surface area contributed by atoms with Crippen molar-refractivity contribution in [3.8, 4) is 17.2 Å². The highest BCUT2D eigenvalue weighted by Crippen LogP contribution is 2.29. The molecule has 2 aromatic carbocycles. The van der Waals surface area contributed by atoms with Crippen molar-refractivity contribution in [3.05, 3.63) is 66.2 Å². The Morgan fingerprint density at radius 2 is 1.93 bits per heavy atom. The van der Waals surface area contributed by atoms with Crippen LogP contribution in [0.2, 0.25) is 0 Å². The molecule has 0 saturated heterocycles. The molecule has 1 heterocycles. The Bertz CT molecular complexity index is 923. The average Bonchev–Trinajstić information content (AvgIpc) is 3.27. The highest BCUT2D eigenvalue weighted by molar-refractivity contribution is 5.95. The molecule has 0 saturated carbocycles. The highest BCUT2D eigenvalue weighted by atomic mass is 16.5. The molecule has 3 rings (SSSR count). The topological polar surface area (TPSA) is 69.5 Å². The van der Waals surface area contributed by atoms with Crippen LogP contribution in [-0.4, -0.2) is 46.3 Å². The lowest BCUT2D eigenvalue weighted by Crippen LogP contribution is -2.29. The third-order valence-electron chi connectivity index (χ3n) is 4.67. The Hall–Kier alpha value is -3.35. The molecule has 28 heavy (non-hydrogen) atoms. The number of hydrogen-bond donors (Lipinski definition) is 0. The molecule has 0 spiro atoms. The minimum atomic E-state index is -0.102. The van der Waals surface area contributed by atoms with Gasteiger partial charge in [0.1, 0.15) is 12.7 Å². The fraction of sp³-hybridized carbons (Fsp3) is 0.286. The number of ether oxygens (including phenoxy) is 2. The second-order valence-corrected chi connectivity index (χ2v) is 6.32. The molecule has 0 fully saturated rings. The minimum absolute atomic E-state index is 0.0887. The molecule has 0 N–H and O–H groups in total. The molecule has 0 bridgehead atoms. The van der Waals surface area contributed by atoms with Crippen molar-refractivity contribution in [2.75, 3.05) is 20.8 Å². The molecule has 7 nitrogen and oxygen atoms in total. The predicted molar refractivity (Wildman–Crippen MR) is 106 cm³/mol. The second-order valence-electron chi connectivity index (χ2n) is 6.32. The monoisotopic (exact) mass is 380 g/mol. The molecule has 0 aliphatic carbocycles. The van der Waals surface area contributed by atoms with E-state index in [4.69, 9.17) is 9.47 Å². The van der Waals surface area contributed by atoms with Crippen LogP contribution in [0.1, 0.15) is 35.8 Å². The maximum absolute atomic E-state index is 13.0. The SMILES string of the molecule is CCOc1ccc(C(=O)N(C)[C@H](C)c2ccc(-n3cncn3)cc2)cc1OC. The minimum Gasteiger partial charge on any atom is -0.493 e. The zero-order valence-electron chi connectivity index (χ0n) is 16.5. The zero-order chi connectivity index (χ0) is 20.1. The van der Waals surface area contributed by atoms with Gasteiger partial charge in [-0.1, -0.05) is 12.1 Å². The van der Waals surface area contributed by atoms with Gasteiger partial charge in [-0.25, -0.2) is 9.67 Å². The summed E-state index contributed by atoms with van der Waals surface area (Å²) in [5.41, 5.74) is 2.49. The molecule has 3 aromatic rings. The van der Waals surface area contributed by atoms with Crippen LogP contribution in [-0.2, 0) is 0 Å². The maximum atomic E-state index is 13.0. The quantitative estimate of drug-likeness (QED) is 0.627. The van der Waals surface area contributed by atoms with Gasteiger partial charge in [0.25, 0.3) is 5.91 Å². The highest BCUT2D eigenvalue weighted by Gasteiger charge is 2.20. The van der Waals surface area contributed by atoms with E-state index in [1.54, 1.807) is 48.3 Å². The number of nitrogens with zero attached hydrogens (tertiary/aromatic N) is 4. The fourth-order valence-electron chi connectivity index (χ4n) is 2.93. The number of rotatable bonds is 7. The predicted octanol–water partition coefficient (Wildman–Crippen LogP) is 3.51. The first-order valence-electron chi connectivity index (χ1n) is 9.08. The Labute approximate surface area is 164 Å². The summed E-state index contributed by atoms with van der Waals surface area (Å²) in [6.45, 7) is 4.43. The summed E-state index contributed by atoms with van der Waals surface area (Å²) < 4.78 is 12.6. The summed E-state index contributed by atoms with van der Waals surface area (Å²) in [6.07, 6.45) is 3.14. The molecule has 0 radical (unpaired) electrons. The van der Waals surface area contributed by atoms with Crippen molar-refractivity contribution in [1.29, 1.82) is 0 Å². The Morgan fingerprint density at radius 3 is 2.54 bits per heavy atom. The van der Waals surface area contributed by atoms with Crippen LogP contribution in [0.3, 0.4) is 0 Å². The van der Waals surface area contributed by atoms with Gasteiger partial charge in [0, 0.05) is 12.6 Å². The number of carbonyl (C=O) groups excluding carboxylic acids is 1. The smallest absolute Gasteiger partial charge is 0.254 e. The van der Waals surface area contributed by atoms with E-state index >= 15 is 0 Å². The van der Waals surface area contributed by atoms with Crippen molar-refractivity contribution < 1.29 is 14.3 Å². The van der Waals surface area contributed by atoms with Crippen LogP contribution in [0, 0.1) is 0 Å². The third kappa shape index (κ3) is 3.98. The van der Waals surface area contributed by atoms with Crippen molar-refractivity contribution in [3.63, 3.8) is 0 Å². The van der Waals surface area contributed by atoms with Crippen LogP contribution in [0.15, 0.2) is 55.1 Å². The summed E-state index contributed by atoms with van der Waals surface area (Å²) >= 11 is 0. The molecule has 0 aliphatic rings. The van der Waals surface area contributed by atoms with Gasteiger partial charge >= 0.3 is 0 Å². The maximum Gasteiger partial charge on any atom is 0.254 e. The van der Waals surface area contributed by atoms with Gasteiger partial charge in [0.15, 0.2) is 11.5 Å². The van der Waals surface area contributed by atoms with Crippen LogP contribution >= 0.6 is 0 Å². The average molecular weight is 380 g/mol. The van der Waals surface area contributed by atoms with E-state index in [-0.39, 0.29) is 11.9 Å². The lowest BCUT2D eigenvalue weighted by molar-refractivity contribution is 0.0742. The summed E-state index contributed by atoms with van der Waals surface area (Å²) in [5, 5.41) is 4.12. The summed E-state index contributed by atoms with van der Waals surface area (Å²) in [6, 6.07) is 13.0. The molecular formula is C21H24N4O3. The van der Waals surface area contributed by atoms with Crippen LogP contribution in [0.25, 0.3) is 5.69 Å². The van der Waals surface area contributed by atoms with E-state index in [9.17, 15) is 4.79 Å². The van der Waals surface area contributed by atoms with E-state index in [1.807, 2.05) is 38.1 Å². The van der Waals surface area contributed by atoms with Crippen molar-refractivity contribution in [1.82, 2.24) is 19.7 Å². The number of aromatic nitrogens is 3. The summed E-state index contributed by atoms with van der Waals surface area (Å²) in [7, 11) is 3.36. The standard InChI is InChI=1S/C21H24N4O3/c1-5-28-19-11-8-17(12-20(19)27-4)21(26)24(3)15(2)16-6-9-18(10-7-16)25-14-22-13-23-25/h6-15H,5H2,1-4H3/t15-/m1/s1. The van der Waals surface area contributed by atoms with Crippen LogP contribution in [0.4, 0.5) is 0 Å². The number of benzene rings is 2. The van der Waals surface area contributed by atoms with Crippen LogP contribution in [0.5, 0.6) is 11.5 Å². The van der Waals surface area contributed by atoms with Gasteiger partial charge < -0.3 is 14.4 Å². The normalized spacial score (nSPS) is 11.7. The Kier molecular flexibility index (Phi) is 5.93. The van der Waals surface area contributed by atoms with Crippen molar-refractivity contribution >= 4 is 5.91 Å². The summed E-state index contributed by atoms with van der Waals surface area (Å²) in [5.74, 6) is 1.08. The largest absolute Gasteiger partial charge is 0.493 e. The van der Waals surface area contributed by atoms with Gasteiger partial charge in [-0.2, -0.15) is 5.10 Å². The Balaban J connectivity index is 1.77. The first-order chi connectivity index (χ1) is 13.5. The molecule has 1 aromatic heterocycles. The van der Waals surface area contributed by atoms with E-state index in [2.05, 4.69) is 10.1 Å². The first-order valence-corrected chi connectivity index (χ1v) is 9.08. The number of hydrogen-bond acceptors (Lipinski definition) is 5. The lowest BCUT2D eigenvalue weighted by atomic mass is 10.1. The van der Waals surface area contributed by atoms with Crippen molar-refractivity contribution in [2.24, 2.45) is 0 Å². The molecule has 1 atom stereocenters. The van der Waals surface area contributed by atoms with Gasteiger partial charge in [0.05, 0.1) is 25.4 Å². The molecule has 0 unspecified atom stereocenters. The molecule has 1 amide bonds. The van der Waals surface area contributed by atoms with Gasteiger partial charge in [0.2, 0.25) is 0 Å². The van der Waals surface area contributed by atoms with E-state index in [0.29, 0.717) is 23.7 Å². The van der Waals surface area contributed by atoms with Gasteiger partial charge in [-0.3, -0.25) is 4.79 Å².